The van der Waals surface area contributed by atoms with Crippen molar-refractivity contribution in [2.45, 2.75) is 39.7 Å². The number of hydrogen-bond acceptors (Lipinski definition) is 3. The van der Waals surface area contributed by atoms with Crippen molar-refractivity contribution in [3.8, 4) is 0 Å². The molecule has 0 radical (unpaired) electrons. The van der Waals surface area contributed by atoms with Crippen LogP contribution in [0.15, 0.2) is 16.5 Å². The maximum atomic E-state index is 12.3. The van der Waals surface area contributed by atoms with Crippen molar-refractivity contribution in [3.05, 3.63) is 23.7 Å². The maximum Gasteiger partial charge on any atom is 0.227 e. The molecule has 2 N–H and O–H groups in total. The molecule has 100 valence electrons. The lowest BCUT2D eigenvalue weighted by molar-refractivity contribution is -0.132. The van der Waals surface area contributed by atoms with Crippen LogP contribution in [-0.4, -0.2) is 19.0 Å². The first-order valence-corrected chi connectivity index (χ1v) is 6.71. The molecule has 4 heteroatoms. The minimum atomic E-state index is -0.236. The Balaban J connectivity index is 1.93. The molecule has 1 aromatic rings. The summed E-state index contributed by atoms with van der Waals surface area (Å²) in [4.78, 5) is 12.3. The van der Waals surface area contributed by atoms with Crippen molar-refractivity contribution in [2.24, 2.45) is 5.41 Å². The zero-order valence-electron chi connectivity index (χ0n) is 11.2. The highest BCUT2D eigenvalue weighted by Gasteiger charge is 2.37. The van der Waals surface area contributed by atoms with Gasteiger partial charge in [-0.15, -0.1) is 0 Å². The molecule has 0 bridgehead atoms. The fourth-order valence-corrected chi connectivity index (χ4v) is 2.56. The Morgan fingerprint density at radius 2 is 2.39 bits per heavy atom. The van der Waals surface area contributed by atoms with Crippen LogP contribution in [0.3, 0.4) is 0 Å². The van der Waals surface area contributed by atoms with Crippen molar-refractivity contribution in [2.75, 3.05) is 13.1 Å². The molecule has 2 heterocycles. The molecule has 0 aliphatic carbocycles. The third-order valence-corrected chi connectivity index (χ3v) is 3.85. The lowest BCUT2D eigenvalue weighted by Crippen LogP contribution is -2.49. The molecule has 1 amide bonds. The number of amides is 1. The summed E-state index contributed by atoms with van der Waals surface area (Å²) in [6, 6.07) is 3.83. The molecule has 1 atom stereocenters. The van der Waals surface area contributed by atoms with Gasteiger partial charge in [0, 0.05) is 6.54 Å². The van der Waals surface area contributed by atoms with E-state index in [1.807, 2.05) is 19.1 Å². The van der Waals surface area contributed by atoms with Gasteiger partial charge in [-0.2, -0.15) is 0 Å². The second-order valence-electron chi connectivity index (χ2n) is 5.11. The van der Waals surface area contributed by atoms with Crippen molar-refractivity contribution < 1.29 is 9.21 Å². The van der Waals surface area contributed by atoms with Gasteiger partial charge in [-0.25, -0.2) is 0 Å². The first-order valence-electron chi connectivity index (χ1n) is 6.71. The smallest absolute Gasteiger partial charge is 0.227 e. The zero-order valence-corrected chi connectivity index (χ0v) is 11.2. The van der Waals surface area contributed by atoms with Crippen LogP contribution in [0.4, 0.5) is 0 Å². The number of nitrogens with one attached hydrogen (secondary N) is 2. The topological polar surface area (TPSA) is 54.3 Å². The molecule has 1 saturated heterocycles. The first kappa shape index (κ1) is 13.1. The summed E-state index contributed by atoms with van der Waals surface area (Å²) in [5.74, 6) is 1.84. The summed E-state index contributed by atoms with van der Waals surface area (Å²) in [5, 5.41) is 6.33. The van der Waals surface area contributed by atoms with Crippen LogP contribution >= 0.6 is 0 Å². The second-order valence-corrected chi connectivity index (χ2v) is 5.11. The van der Waals surface area contributed by atoms with Gasteiger partial charge in [-0.05, 0) is 44.9 Å². The van der Waals surface area contributed by atoms with Gasteiger partial charge in [0.1, 0.15) is 11.5 Å². The highest BCUT2D eigenvalue weighted by molar-refractivity contribution is 5.82. The number of hydrogen-bond donors (Lipinski definition) is 2. The second kappa shape index (κ2) is 5.57. The van der Waals surface area contributed by atoms with Gasteiger partial charge in [0.15, 0.2) is 0 Å². The Morgan fingerprint density at radius 1 is 1.56 bits per heavy atom. The molecular formula is C14H22N2O2. The Kier molecular flexibility index (Phi) is 4.07. The van der Waals surface area contributed by atoms with E-state index >= 15 is 0 Å². The zero-order chi connectivity index (χ0) is 13.0. The molecule has 0 aromatic carbocycles. The lowest BCUT2D eigenvalue weighted by Gasteiger charge is -2.35. The number of rotatable bonds is 4. The summed E-state index contributed by atoms with van der Waals surface area (Å²) in [6.45, 7) is 6.28. The van der Waals surface area contributed by atoms with Crippen LogP contribution in [0.2, 0.25) is 0 Å². The maximum absolute atomic E-state index is 12.3. The van der Waals surface area contributed by atoms with Crippen LogP contribution in [-0.2, 0) is 11.3 Å². The Hall–Kier alpha value is -1.29. The molecule has 4 nitrogen and oxygen atoms in total. The minimum Gasteiger partial charge on any atom is -0.465 e. The summed E-state index contributed by atoms with van der Waals surface area (Å²) in [7, 11) is 0. The largest absolute Gasteiger partial charge is 0.465 e. The van der Waals surface area contributed by atoms with E-state index in [1.54, 1.807) is 0 Å². The van der Waals surface area contributed by atoms with Crippen molar-refractivity contribution >= 4 is 5.91 Å². The Morgan fingerprint density at radius 3 is 2.94 bits per heavy atom. The predicted molar refractivity (Wildman–Crippen MR) is 70.1 cm³/mol. The molecule has 18 heavy (non-hydrogen) atoms. The van der Waals surface area contributed by atoms with Gasteiger partial charge < -0.3 is 15.1 Å². The van der Waals surface area contributed by atoms with E-state index in [1.165, 1.54) is 0 Å². The predicted octanol–water partition coefficient (Wildman–Crippen LogP) is 1.98. The van der Waals surface area contributed by atoms with Crippen molar-refractivity contribution in [1.29, 1.82) is 0 Å². The van der Waals surface area contributed by atoms with Crippen LogP contribution in [0.1, 0.15) is 37.7 Å². The van der Waals surface area contributed by atoms with Crippen LogP contribution < -0.4 is 10.6 Å². The first-order chi connectivity index (χ1) is 8.66. The number of furan rings is 1. The molecule has 0 spiro atoms. The summed E-state index contributed by atoms with van der Waals surface area (Å²) in [6.07, 6.45) is 2.92. The number of aryl methyl sites for hydroxylation is 1. The van der Waals surface area contributed by atoms with Crippen molar-refractivity contribution in [1.82, 2.24) is 10.6 Å². The highest BCUT2D eigenvalue weighted by Crippen LogP contribution is 2.30. The van der Waals surface area contributed by atoms with E-state index in [0.717, 1.165) is 43.9 Å². The standard InChI is InChI=1S/C14H22N2O2/c1-3-14(7-4-8-15-10-14)13(17)16-9-12-6-5-11(2)18-12/h5-6,15H,3-4,7-10H2,1-2H3,(H,16,17). The average Bonchev–Trinajstić information content (AvgIpc) is 2.82. The van der Waals surface area contributed by atoms with Gasteiger partial charge in [-0.3, -0.25) is 4.79 Å². The third kappa shape index (κ3) is 2.75. The number of piperidine rings is 1. The van der Waals surface area contributed by atoms with E-state index in [9.17, 15) is 4.79 Å². The lowest BCUT2D eigenvalue weighted by atomic mass is 9.77. The van der Waals surface area contributed by atoms with E-state index in [-0.39, 0.29) is 11.3 Å². The van der Waals surface area contributed by atoms with E-state index < -0.39 is 0 Å². The van der Waals surface area contributed by atoms with Crippen molar-refractivity contribution in [3.63, 3.8) is 0 Å². The summed E-state index contributed by atoms with van der Waals surface area (Å²) < 4.78 is 5.46. The molecule has 1 unspecified atom stereocenters. The Bertz CT molecular complexity index is 406. The molecule has 2 rings (SSSR count). The molecule has 0 saturated carbocycles. The molecule has 1 aliphatic rings. The average molecular weight is 250 g/mol. The highest BCUT2D eigenvalue weighted by atomic mass is 16.3. The van der Waals surface area contributed by atoms with Gasteiger partial charge in [0.25, 0.3) is 0 Å². The van der Waals surface area contributed by atoms with E-state index in [2.05, 4.69) is 17.6 Å². The van der Waals surface area contributed by atoms with Gasteiger partial charge in [0.05, 0.1) is 12.0 Å². The SMILES string of the molecule is CCC1(C(=O)NCc2ccc(C)o2)CCCNC1. The monoisotopic (exact) mass is 250 g/mol. The Labute approximate surface area is 108 Å². The summed E-state index contributed by atoms with van der Waals surface area (Å²) >= 11 is 0. The fourth-order valence-electron chi connectivity index (χ4n) is 2.56. The molecular weight excluding hydrogens is 228 g/mol. The van der Waals surface area contributed by atoms with Gasteiger partial charge >= 0.3 is 0 Å². The number of carbonyl (C=O) groups is 1. The summed E-state index contributed by atoms with van der Waals surface area (Å²) in [5.41, 5.74) is -0.236. The molecule has 1 aliphatic heterocycles. The minimum absolute atomic E-state index is 0.145. The van der Waals surface area contributed by atoms with Gasteiger partial charge in [0.2, 0.25) is 5.91 Å². The van der Waals surface area contributed by atoms with Crippen LogP contribution in [0.25, 0.3) is 0 Å². The fraction of sp³-hybridized carbons (Fsp3) is 0.643. The van der Waals surface area contributed by atoms with Crippen LogP contribution in [0, 0.1) is 12.3 Å². The van der Waals surface area contributed by atoms with Gasteiger partial charge in [-0.1, -0.05) is 6.92 Å². The normalized spacial score (nSPS) is 23.9. The van der Waals surface area contributed by atoms with E-state index in [4.69, 9.17) is 4.42 Å². The molecule has 1 fully saturated rings. The van der Waals surface area contributed by atoms with E-state index in [0.29, 0.717) is 6.54 Å². The molecule has 1 aromatic heterocycles. The quantitative estimate of drug-likeness (QED) is 0.859. The third-order valence-electron chi connectivity index (χ3n) is 3.85. The van der Waals surface area contributed by atoms with Crippen LogP contribution in [0.5, 0.6) is 0 Å². The number of carbonyl (C=O) groups excluding carboxylic acids is 1.